The van der Waals surface area contributed by atoms with E-state index in [0.29, 0.717) is 15.7 Å². The van der Waals surface area contributed by atoms with Crippen molar-refractivity contribution < 1.29 is 9.53 Å². The topological polar surface area (TPSA) is 67.3 Å². The Morgan fingerprint density at radius 2 is 1.89 bits per heavy atom. The van der Waals surface area contributed by atoms with Crippen molar-refractivity contribution in [3.05, 3.63) is 69.2 Å². The third kappa shape index (κ3) is 3.84. The normalized spacial score (nSPS) is 12.0. The number of ether oxygens (including phenoxy) is 1. The molecule has 1 unspecified atom stereocenters. The summed E-state index contributed by atoms with van der Waals surface area (Å²) in [6.45, 7) is 2.17. The van der Waals surface area contributed by atoms with Crippen LogP contribution in [0.5, 0.6) is 5.75 Å². The van der Waals surface area contributed by atoms with Crippen LogP contribution in [0.1, 0.15) is 24.9 Å². The molecule has 0 spiro atoms. The van der Waals surface area contributed by atoms with E-state index in [0.717, 1.165) is 11.3 Å². The van der Waals surface area contributed by atoms with Crippen molar-refractivity contribution in [2.24, 2.45) is 0 Å². The van der Waals surface area contributed by atoms with Gasteiger partial charge in [-0.05, 0) is 37.3 Å². The molecule has 1 aromatic heterocycles. The lowest BCUT2D eigenvalue weighted by Crippen LogP contribution is -2.32. The molecule has 146 valence electrons. The summed E-state index contributed by atoms with van der Waals surface area (Å²) in [7, 11) is 3.37. The number of nitrogens with one attached hydrogen (secondary N) is 1. The number of para-hydroxylation sites is 2. The Morgan fingerprint density at radius 1 is 1.21 bits per heavy atom. The molecule has 7 heteroatoms. The molecule has 0 radical (unpaired) electrons. The maximum Gasteiger partial charge on any atom is 0.262 e. The van der Waals surface area contributed by atoms with Crippen LogP contribution >= 0.6 is 12.2 Å². The lowest BCUT2D eigenvalue weighted by Gasteiger charge is -2.26. The lowest BCUT2D eigenvalue weighted by molar-refractivity contribution is -0.132. The first kappa shape index (κ1) is 19.8. The smallest absolute Gasteiger partial charge is 0.262 e. The number of fused-ring (bicyclic) bond motifs is 1. The van der Waals surface area contributed by atoms with E-state index in [1.54, 1.807) is 31.2 Å². The summed E-state index contributed by atoms with van der Waals surface area (Å²) in [5.74, 6) is 0.663. The highest BCUT2D eigenvalue weighted by molar-refractivity contribution is 7.71. The molecule has 0 aliphatic carbocycles. The SMILES string of the molecule is COc1ccccc1C(C)N(C)C(=O)CCn1c(=S)[nH]c2ccccc2c1=O. The fraction of sp³-hybridized carbons (Fsp3) is 0.286. The zero-order valence-corrected chi connectivity index (χ0v) is 17.0. The number of H-pyrrole nitrogens is 1. The molecule has 0 fully saturated rings. The van der Waals surface area contributed by atoms with Crippen molar-refractivity contribution in [1.82, 2.24) is 14.5 Å². The Hall–Kier alpha value is -2.93. The number of carbonyl (C=O) groups is 1. The molecule has 0 aliphatic rings. The number of hydrogen-bond acceptors (Lipinski definition) is 4. The van der Waals surface area contributed by atoms with Crippen LogP contribution in [0.4, 0.5) is 0 Å². The summed E-state index contributed by atoms with van der Waals surface area (Å²) in [5, 5.41) is 0.555. The second-order valence-corrected chi connectivity index (χ2v) is 6.99. The minimum Gasteiger partial charge on any atom is -0.496 e. The Bertz CT molecular complexity index is 1120. The molecule has 1 atom stereocenters. The summed E-state index contributed by atoms with van der Waals surface area (Å²) in [5.41, 5.74) is 1.44. The van der Waals surface area contributed by atoms with E-state index in [4.69, 9.17) is 17.0 Å². The van der Waals surface area contributed by atoms with Crippen LogP contribution in [0.25, 0.3) is 10.9 Å². The van der Waals surface area contributed by atoms with Crippen LogP contribution in [-0.4, -0.2) is 34.5 Å². The monoisotopic (exact) mass is 397 g/mol. The van der Waals surface area contributed by atoms with Gasteiger partial charge in [0.05, 0.1) is 24.1 Å². The van der Waals surface area contributed by atoms with Crippen LogP contribution in [0.2, 0.25) is 0 Å². The summed E-state index contributed by atoms with van der Waals surface area (Å²) >= 11 is 5.31. The number of benzene rings is 2. The molecule has 1 N–H and O–H groups in total. The van der Waals surface area contributed by atoms with Crippen molar-refractivity contribution >= 4 is 29.0 Å². The van der Waals surface area contributed by atoms with Gasteiger partial charge in [0, 0.05) is 25.6 Å². The predicted octanol–water partition coefficient (Wildman–Crippen LogP) is 3.68. The van der Waals surface area contributed by atoms with Gasteiger partial charge in [0.15, 0.2) is 4.77 Å². The van der Waals surface area contributed by atoms with Gasteiger partial charge in [-0.15, -0.1) is 0 Å². The number of rotatable bonds is 6. The summed E-state index contributed by atoms with van der Waals surface area (Å²) in [4.78, 5) is 30.2. The van der Waals surface area contributed by atoms with E-state index in [9.17, 15) is 9.59 Å². The Labute approximate surface area is 168 Å². The second-order valence-electron chi connectivity index (χ2n) is 6.61. The summed E-state index contributed by atoms with van der Waals surface area (Å²) < 4.78 is 7.15. The van der Waals surface area contributed by atoms with Crippen LogP contribution in [0.3, 0.4) is 0 Å². The third-order valence-corrected chi connectivity index (χ3v) is 5.32. The molecule has 6 nitrogen and oxygen atoms in total. The van der Waals surface area contributed by atoms with Crippen LogP contribution < -0.4 is 10.3 Å². The first-order valence-electron chi connectivity index (χ1n) is 9.04. The molecule has 28 heavy (non-hydrogen) atoms. The zero-order valence-electron chi connectivity index (χ0n) is 16.1. The maximum absolute atomic E-state index is 12.7. The number of methoxy groups -OCH3 is 1. The molecule has 0 saturated carbocycles. The zero-order chi connectivity index (χ0) is 20.3. The Balaban J connectivity index is 1.78. The van der Waals surface area contributed by atoms with Gasteiger partial charge in [0.25, 0.3) is 5.56 Å². The van der Waals surface area contributed by atoms with Crippen molar-refractivity contribution in [2.45, 2.75) is 25.9 Å². The first-order valence-corrected chi connectivity index (χ1v) is 9.45. The molecule has 0 bridgehead atoms. The van der Waals surface area contributed by atoms with Gasteiger partial charge < -0.3 is 14.6 Å². The van der Waals surface area contributed by atoms with Crippen molar-refractivity contribution in [3.8, 4) is 5.75 Å². The first-order chi connectivity index (χ1) is 13.4. The molecule has 3 aromatic rings. The van der Waals surface area contributed by atoms with Crippen LogP contribution in [0, 0.1) is 4.77 Å². The van der Waals surface area contributed by atoms with Gasteiger partial charge in [-0.3, -0.25) is 14.2 Å². The number of amides is 1. The van der Waals surface area contributed by atoms with Crippen LogP contribution in [-0.2, 0) is 11.3 Å². The molecule has 1 heterocycles. The van der Waals surface area contributed by atoms with Crippen molar-refractivity contribution in [3.63, 3.8) is 0 Å². The minimum atomic E-state index is -0.187. The van der Waals surface area contributed by atoms with Crippen molar-refractivity contribution in [2.75, 3.05) is 14.2 Å². The van der Waals surface area contributed by atoms with Gasteiger partial charge in [0.1, 0.15) is 5.75 Å². The van der Waals surface area contributed by atoms with Gasteiger partial charge in [-0.2, -0.15) is 0 Å². The Morgan fingerprint density at radius 3 is 2.64 bits per heavy atom. The molecular weight excluding hydrogens is 374 g/mol. The number of hydrogen-bond donors (Lipinski definition) is 1. The summed E-state index contributed by atoms with van der Waals surface area (Å²) in [6.07, 6.45) is 0.172. The number of nitrogens with zero attached hydrogens (tertiary/aromatic N) is 2. The standard InChI is InChI=1S/C21H23N3O3S/c1-14(15-8-5-7-11-18(15)27-3)23(2)19(25)12-13-24-20(26)16-9-4-6-10-17(16)22-21(24)28/h4-11,14H,12-13H2,1-3H3,(H,22,28). The second kappa shape index (κ2) is 8.39. The van der Waals surface area contributed by atoms with E-state index >= 15 is 0 Å². The molecular formula is C21H23N3O3S. The van der Waals surface area contributed by atoms with E-state index in [1.807, 2.05) is 43.3 Å². The van der Waals surface area contributed by atoms with Gasteiger partial charge >= 0.3 is 0 Å². The number of aromatic nitrogens is 2. The van der Waals surface area contributed by atoms with Gasteiger partial charge in [0.2, 0.25) is 5.91 Å². The highest BCUT2D eigenvalue weighted by Crippen LogP contribution is 2.28. The lowest BCUT2D eigenvalue weighted by atomic mass is 10.1. The molecule has 0 aliphatic heterocycles. The predicted molar refractivity (Wildman–Crippen MR) is 112 cm³/mol. The average molecular weight is 398 g/mol. The fourth-order valence-electron chi connectivity index (χ4n) is 3.22. The third-order valence-electron chi connectivity index (χ3n) is 5.00. The average Bonchev–Trinajstić information content (AvgIpc) is 2.72. The molecule has 2 aromatic carbocycles. The highest BCUT2D eigenvalue weighted by Gasteiger charge is 2.20. The highest BCUT2D eigenvalue weighted by atomic mass is 32.1. The van der Waals surface area contributed by atoms with Gasteiger partial charge in [-0.1, -0.05) is 30.3 Å². The van der Waals surface area contributed by atoms with E-state index in [2.05, 4.69) is 4.98 Å². The van der Waals surface area contributed by atoms with Crippen molar-refractivity contribution in [1.29, 1.82) is 0 Å². The number of carbonyl (C=O) groups excluding carboxylic acids is 1. The van der Waals surface area contributed by atoms with E-state index in [1.165, 1.54) is 4.57 Å². The maximum atomic E-state index is 12.7. The quantitative estimate of drug-likeness (QED) is 0.645. The fourth-order valence-corrected chi connectivity index (χ4v) is 3.51. The van der Waals surface area contributed by atoms with Gasteiger partial charge in [-0.25, -0.2) is 0 Å². The van der Waals surface area contributed by atoms with Crippen LogP contribution in [0.15, 0.2) is 53.3 Å². The van der Waals surface area contributed by atoms with E-state index < -0.39 is 0 Å². The molecule has 0 saturated heterocycles. The summed E-state index contributed by atoms with van der Waals surface area (Å²) in [6, 6.07) is 14.7. The largest absolute Gasteiger partial charge is 0.496 e. The minimum absolute atomic E-state index is 0.0761. The van der Waals surface area contributed by atoms with E-state index in [-0.39, 0.29) is 30.5 Å². The molecule has 3 rings (SSSR count). The number of aromatic amines is 1. The Kier molecular flexibility index (Phi) is 5.94. The molecule has 1 amide bonds.